The van der Waals surface area contributed by atoms with Gasteiger partial charge in [0.1, 0.15) is 0 Å². The smallest absolute Gasteiger partial charge is 0.317 e. The summed E-state index contributed by atoms with van der Waals surface area (Å²) in [6, 6.07) is 0.0429. The van der Waals surface area contributed by atoms with Crippen LogP contribution >= 0.6 is 0 Å². The zero-order valence-corrected chi connectivity index (χ0v) is 14.1. The molecule has 1 aromatic heterocycles. The number of nitrogens with zero attached hydrogens (tertiary/aromatic N) is 4. The van der Waals surface area contributed by atoms with Gasteiger partial charge in [0.25, 0.3) is 0 Å². The fraction of sp³-hybridized carbons (Fsp3) is 0.733. The Labute approximate surface area is 127 Å². The van der Waals surface area contributed by atoms with Gasteiger partial charge in [-0.3, -0.25) is 14.4 Å². The standard InChI is InChI=1S/C15H28N4O2/c1-7-19-13(4)15(11(2)16-19)12(3)18(10-14(20)21)9-8-17(5)6/h12H,7-10H2,1-6H3,(H,20,21). The van der Waals surface area contributed by atoms with Gasteiger partial charge < -0.3 is 10.0 Å². The van der Waals surface area contributed by atoms with Crippen molar-refractivity contribution < 1.29 is 9.90 Å². The van der Waals surface area contributed by atoms with Crippen LogP contribution in [0.1, 0.15) is 36.8 Å². The first kappa shape index (κ1) is 17.7. The molecule has 0 saturated heterocycles. The minimum Gasteiger partial charge on any atom is -0.480 e. The van der Waals surface area contributed by atoms with Crippen molar-refractivity contribution in [2.24, 2.45) is 0 Å². The molecule has 0 aromatic carbocycles. The lowest BCUT2D eigenvalue weighted by atomic mass is 10.0. The van der Waals surface area contributed by atoms with E-state index in [9.17, 15) is 4.79 Å². The van der Waals surface area contributed by atoms with E-state index < -0.39 is 5.97 Å². The van der Waals surface area contributed by atoms with Gasteiger partial charge in [-0.15, -0.1) is 0 Å². The summed E-state index contributed by atoms with van der Waals surface area (Å²) in [5, 5.41) is 13.7. The Morgan fingerprint density at radius 3 is 2.38 bits per heavy atom. The minimum atomic E-state index is -0.793. The zero-order chi connectivity index (χ0) is 16.2. The number of aromatic nitrogens is 2. The highest BCUT2D eigenvalue weighted by atomic mass is 16.4. The molecular weight excluding hydrogens is 268 g/mol. The maximum absolute atomic E-state index is 11.1. The first-order valence-electron chi connectivity index (χ1n) is 7.42. The molecule has 1 aromatic rings. The number of hydrogen-bond donors (Lipinski definition) is 1. The molecule has 0 bridgehead atoms. The SMILES string of the molecule is CCn1nc(C)c(C(C)N(CCN(C)C)CC(=O)O)c1C. The van der Waals surface area contributed by atoms with E-state index in [4.69, 9.17) is 5.11 Å². The molecule has 1 rings (SSSR count). The van der Waals surface area contributed by atoms with E-state index in [1.807, 2.05) is 30.6 Å². The number of carboxylic acid groups (broad SMARTS) is 1. The number of hydrogen-bond acceptors (Lipinski definition) is 4. The number of carboxylic acids is 1. The second kappa shape index (κ2) is 7.56. The normalized spacial score (nSPS) is 13.1. The van der Waals surface area contributed by atoms with Gasteiger partial charge in [0.2, 0.25) is 0 Å². The lowest BCUT2D eigenvalue weighted by Crippen LogP contribution is -2.37. The predicted octanol–water partition coefficient (Wildman–Crippen LogP) is 1.53. The fourth-order valence-electron chi connectivity index (χ4n) is 2.72. The summed E-state index contributed by atoms with van der Waals surface area (Å²) in [6.45, 7) is 10.6. The molecule has 0 aliphatic rings. The van der Waals surface area contributed by atoms with Crippen LogP contribution in [0.2, 0.25) is 0 Å². The Kier molecular flexibility index (Phi) is 6.36. The molecule has 0 aliphatic carbocycles. The Balaban J connectivity index is 3.01. The van der Waals surface area contributed by atoms with Crippen molar-refractivity contribution in [1.29, 1.82) is 0 Å². The Morgan fingerprint density at radius 2 is 1.95 bits per heavy atom. The van der Waals surface area contributed by atoms with Crippen molar-refractivity contribution in [2.45, 2.75) is 40.3 Å². The Morgan fingerprint density at radius 1 is 1.33 bits per heavy atom. The molecule has 0 aliphatic heterocycles. The van der Waals surface area contributed by atoms with Crippen LogP contribution in [-0.2, 0) is 11.3 Å². The van der Waals surface area contributed by atoms with Gasteiger partial charge in [-0.05, 0) is 41.8 Å². The van der Waals surface area contributed by atoms with Crippen LogP contribution in [0.5, 0.6) is 0 Å². The van der Waals surface area contributed by atoms with Crippen LogP contribution in [0.15, 0.2) is 0 Å². The third-order valence-corrected chi connectivity index (χ3v) is 3.88. The molecule has 0 amide bonds. The van der Waals surface area contributed by atoms with Gasteiger partial charge in [-0.25, -0.2) is 0 Å². The molecular formula is C15H28N4O2. The van der Waals surface area contributed by atoms with Gasteiger partial charge in [-0.1, -0.05) is 0 Å². The van der Waals surface area contributed by atoms with Gasteiger partial charge in [-0.2, -0.15) is 5.10 Å². The lowest BCUT2D eigenvalue weighted by molar-refractivity contribution is -0.138. The van der Waals surface area contributed by atoms with E-state index in [-0.39, 0.29) is 12.6 Å². The van der Waals surface area contributed by atoms with Crippen molar-refractivity contribution in [3.63, 3.8) is 0 Å². The van der Waals surface area contributed by atoms with E-state index in [0.29, 0.717) is 0 Å². The largest absolute Gasteiger partial charge is 0.480 e. The Hall–Kier alpha value is -1.40. The summed E-state index contributed by atoms with van der Waals surface area (Å²) in [5.41, 5.74) is 3.27. The van der Waals surface area contributed by atoms with Crippen molar-refractivity contribution in [1.82, 2.24) is 19.6 Å². The number of aliphatic carboxylic acids is 1. The monoisotopic (exact) mass is 296 g/mol. The number of likely N-dealkylation sites (N-methyl/N-ethyl adjacent to an activating group) is 1. The summed E-state index contributed by atoms with van der Waals surface area (Å²) in [4.78, 5) is 15.2. The molecule has 6 heteroatoms. The third kappa shape index (κ3) is 4.54. The average Bonchev–Trinajstić information content (AvgIpc) is 2.67. The topological polar surface area (TPSA) is 61.6 Å². The minimum absolute atomic E-state index is 0.0429. The summed E-state index contributed by atoms with van der Waals surface area (Å²) >= 11 is 0. The highest BCUT2D eigenvalue weighted by molar-refractivity contribution is 5.69. The highest BCUT2D eigenvalue weighted by Gasteiger charge is 2.24. The first-order valence-corrected chi connectivity index (χ1v) is 7.42. The van der Waals surface area contributed by atoms with E-state index in [2.05, 4.69) is 30.8 Å². The summed E-state index contributed by atoms with van der Waals surface area (Å²) in [6.07, 6.45) is 0. The van der Waals surface area contributed by atoms with Gasteiger partial charge >= 0.3 is 5.97 Å². The van der Waals surface area contributed by atoms with E-state index in [1.165, 1.54) is 0 Å². The molecule has 1 N–H and O–H groups in total. The van der Waals surface area contributed by atoms with E-state index >= 15 is 0 Å². The number of aryl methyl sites for hydroxylation is 2. The predicted molar refractivity (Wildman–Crippen MR) is 83.6 cm³/mol. The molecule has 21 heavy (non-hydrogen) atoms. The fourth-order valence-corrected chi connectivity index (χ4v) is 2.72. The maximum Gasteiger partial charge on any atom is 0.317 e. The van der Waals surface area contributed by atoms with E-state index in [0.717, 1.165) is 36.6 Å². The quantitative estimate of drug-likeness (QED) is 0.788. The molecule has 1 unspecified atom stereocenters. The third-order valence-electron chi connectivity index (χ3n) is 3.88. The molecule has 0 spiro atoms. The van der Waals surface area contributed by atoms with Crippen LogP contribution in [0.4, 0.5) is 0 Å². The Bertz CT molecular complexity index is 482. The van der Waals surface area contributed by atoms with Crippen molar-refractivity contribution in [3.05, 3.63) is 17.0 Å². The second-order valence-corrected chi connectivity index (χ2v) is 5.74. The molecule has 120 valence electrons. The first-order chi connectivity index (χ1) is 9.77. The number of carbonyl (C=O) groups is 1. The summed E-state index contributed by atoms with van der Waals surface area (Å²) in [5.74, 6) is -0.793. The average molecular weight is 296 g/mol. The van der Waals surface area contributed by atoms with Crippen LogP contribution in [-0.4, -0.2) is 64.4 Å². The van der Waals surface area contributed by atoms with Gasteiger partial charge in [0.15, 0.2) is 0 Å². The van der Waals surface area contributed by atoms with Crippen LogP contribution in [0.3, 0.4) is 0 Å². The number of rotatable bonds is 8. The van der Waals surface area contributed by atoms with Crippen molar-refractivity contribution >= 4 is 5.97 Å². The van der Waals surface area contributed by atoms with Crippen LogP contribution < -0.4 is 0 Å². The van der Waals surface area contributed by atoms with Crippen molar-refractivity contribution in [2.75, 3.05) is 33.7 Å². The van der Waals surface area contributed by atoms with E-state index in [1.54, 1.807) is 0 Å². The van der Waals surface area contributed by atoms with Gasteiger partial charge in [0.05, 0.1) is 12.2 Å². The molecule has 0 fully saturated rings. The molecule has 1 atom stereocenters. The molecule has 0 saturated carbocycles. The summed E-state index contributed by atoms with van der Waals surface area (Å²) in [7, 11) is 3.99. The maximum atomic E-state index is 11.1. The van der Waals surface area contributed by atoms with Gasteiger partial charge in [0, 0.05) is 36.9 Å². The lowest BCUT2D eigenvalue weighted by Gasteiger charge is -2.29. The molecule has 6 nitrogen and oxygen atoms in total. The highest BCUT2D eigenvalue weighted by Crippen LogP contribution is 2.26. The summed E-state index contributed by atoms with van der Waals surface area (Å²) < 4.78 is 1.98. The van der Waals surface area contributed by atoms with Crippen molar-refractivity contribution in [3.8, 4) is 0 Å². The second-order valence-electron chi connectivity index (χ2n) is 5.74. The molecule has 1 heterocycles. The zero-order valence-electron chi connectivity index (χ0n) is 14.1. The molecule has 0 radical (unpaired) electrons. The van der Waals surface area contributed by atoms with Crippen LogP contribution in [0.25, 0.3) is 0 Å². The van der Waals surface area contributed by atoms with Crippen LogP contribution in [0, 0.1) is 13.8 Å².